The molecule has 0 radical (unpaired) electrons. The number of nitrogens with zero attached hydrogens (tertiary/aromatic N) is 7. The van der Waals surface area contributed by atoms with Crippen molar-refractivity contribution in [1.29, 1.82) is 0 Å². The molecule has 0 unspecified atom stereocenters. The van der Waals surface area contributed by atoms with Crippen LogP contribution in [0.4, 0.5) is 10.2 Å². The fourth-order valence-electron chi connectivity index (χ4n) is 3.20. The summed E-state index contributed by atoms with van der Waals surface area (Å²) in [6.07, 6.45) is 8.26. The molecule has 4 aromatic heterocycles. The number of aromatic nitrogens is 7. The van der Waals surface area contributed by atoms with Gasteiger partial charge in [-0.15, -0.1) is 21.5 Å². The quantitative estimate of drug-likeness (QED) is 0.491. The Morgan fingerprint density at radius 1 is 1.29 bits per heavy atom. The maximum atomic E-state index is 14.4. The summed E-state index contributed by atoms with van der Waals surface area (Å²) < 4.78 is 17.9. The lowest BCUT2D eigenvalue weighted by Gasteiger charge is -2.08. The molecule has 1 saturated carbocycles. The minimum absolute atomic E-state index is 0.0815. The van der Waals surface area contributed by atoms with Crippen molar-refractivity contribution in [2.24, 2.45) is 0 Å². The van der Waals surface area contributed by atoms with Crippen LogP contribution in [0.2, 0.25) is 0 Å². The predicted octanol–water partition coefficient (Wildman–Crippen LogP) is 3.83. The van der Waals surface area contributed by atoms with E-state index in [0.29, 0.717) is 22.6 Å². The number of carbonyl (C=O) groups is 1. The molecule has 0 aliphatic heterocycles. The maximum Gasteiger partial charge on any atom is 0.275 e. The average molecular weight is 438 g/mol. The highest BCUT2D eigenvalue weighted by molar-refractivity contribution is 7.13. The molecule has 1 N–H and O–H groups in total. The molecule has 1 amide bonds. The van der Waals surface area contributed by atoms with Crippen LogP contribution in [0.1, 0.15) is 54.8 Å². The molecular weight excluding hydrogens is 419 g/mol. The molecule has 0 spiro atoms. The van der Waals surface area contributed by atoms with Gasteiger partial charge in [0.1, 0.15) is 17.8 Å². The van der Waals surface area contributed by atoms with Crippen LogP contribution in [-0.2, 0) is 0 Å². The largest absolute Gasteiger partial charge is 0.309 e. The van der Waals surface area contributed by atoms with Crippen LogP contribution in [0.25, 0.3) is 16.5 Å². The number of hydrogen-bond donors (Lipinski definition) is 1. The fraction of sp³-hybridized carbons (Fsp3) is 0.300. The molecule has 1 fully saturated rings. The molecule has 9 nitrogen and oxygen atoms in total. The zero-order chi connectivity index (χ0) is 21.5. The van der Waals surface area contributed by atoms with Crippen LogP contribution in [0.3, 0.4) is 0 Å². The van der Waals surface area contributed by atoms with Crippen molar-refractivity contribution >= 4 is 23.1 Å². The summed E-state index contributed by atoms with van der Waals surface area (Å²) in [5, 5.41) is 13.1. The minimum atomic E-state index is -0.528. The molecular formula is C20H19FN8OS. The number of amides is 1. The van der Waals surface area contributed by atoms with E-state index in [9.17, 15) is 9.18 Å². The average Bonchev–Trinajstić information content (AvgIpc) is 3.14. The number of nitrogens with one attached hydrogen (secondary N) is 1. The normalized spacial score (nSPS) is 13.7. The van der Waals surface area contributed by atoms with Gasteiger partial charge in [0.05, 0.1) is 23.9 Å². The van der Waals surface area contributed by atoms with Gasteiger partial charge in [-0.05, 0) is 32.8 Å². The highest BCUT2D eigenvalue weighted by Gasteiger charge is 2.26. The molecule has 0 bridgehead atoms. The lowest BCUT2D eigenvalue weighted by Crippen LogP contribution is -2.15. The van der Waals surface area contributed by atoms with E-state index >= 15 is 0 Å². The van der Waals surface area contributed by atoms with Gasteiger partial charge in [0, 0.05) is 23.5 Å². The van der Waals surface area contributed by atoms with E-state index in [-0.39, 0.29) is 17.4 Å². The Balaban J connectivity index is 1.36. The van der Waals surface area contributed by atoms with Crippen LogP contribution < -0.4 is 5.32 Å². The molecule has 11 heteroatoms. The highest BCUT2D eigenvalue weighted by Crippen LogP contribution is 2.39. The van der Waals surface area contributed by atoms with Crippen LogP contribution >= 0.6 is 11.3 Å². The molecule has 4 aromatic rings. The molecule has 158 valence electrons. The van der Waals surface area contributed by atoms with Crippen molar-refractivity contribution < 1.29 is 9.18 Å². The Morgan fingerprint density at radius 3 is 2.90 bits per heavy atom. The SMILES string of the molecule is CC(C)n1cnnc1-c1nc(NC(=O)c2cc(-n3cnc(C4CC4)c3)c(F)cn2)cs1. The van der Waals surface area contributed by atoms with Crippen molar-refractivity contribution in [3.8, 4) is 16.5 Å². The smallest absolute Gasteiger partial charge is 0.275 e. The van der Waals surface area contributed by atoms with Crippen LogP contribution in [0, 0.1) is 5.82 Å². The number of rotatable bonds is 6. The van der Waals surface area contributed by atoms with Gasteiger partial charge >= 0.3 is 0 Å². The van der Waals surface area contributed by atoms with E-state index in [1.807, 2.05) is 18.4 Å². The summed E-state index contributed by atoms with van der Waals surface area (Å²) in [5.74, 6) is 0.449. The van der Waals surface area contributed by atoms with E-state index in [4.69, 9.17) is 0 Å². The number of pyridine rings is 1. The number of carbonyl (C=O) groups excluding carboxylic acids is 1. The van der Waals surface area contributed by atoms with Crippen LogP contribution in [0.15, 0.2) is 36.5 Å². The van der Waals surface area contributed by atoms with Gasteiger partial charge in [0.15, 0.2) is 16.6 Å². The van der Waals surface area contributed by atoms with E-state index in [0.717, 1.165) is 24.7 Å². The number of hydrogen-bond acceptors (Lipinski definition) is 7. The van der Waals surface area contributed by atoms with E-state index in [2.05, 4.69) is 30.5 Å². The summed E-state index contributed by atoms with van der Waals surface area (Å²) in [5.41, 5.74) is 1.24. The second kappa shape index (κ2) is 7.65. The number of imidazole rings is 1. The first-order valence-corrected chi connectivity index (χ1v) is 10.7. The van der Waals surface area contributed by atoms with E-state index in [1.165, 1.54) is 17.4 Å². The fourth-order valence-corrected chi connectivity index (χ4v) is 3.94. The molecule has 0 atom stereocenters. The number of halogens is 1. The van der Waals surface area contributed by atoms with Gasteiger partial charge in [-0.1, -0.05) is 0 Å². The van der Waals surface area contributed by atoms with Crippen LogP contribution in [0.5, 0.6) is 0 Å². The van der Waals surface area contributed by atoms with Crippen molar-refractivity contribution in [1.82, 2.24) is 34.3 Å². The second-order valence-electron chi connectivity index (χ2n) is 7.65. The summed E-state index contributed by atoms with van der Waals surface area (Å²) in [4.78, 5) is 25.4. The summed E-state index contributed by atoms with van der Waals surface area (Å²) in [6, 6.07) is 1.59. The van der Waals surface area contributed by atoms with Crippen molar-refractivity contribution in [3.05, 3.63) is 53.7 Å². The standard InChI is InChI=1S/C20H19FN8OS/c1-11(2)29-10-24-27-18(29)20-26-17(8-31-20)25-19(30)14-5-16(13(21)6-22-14)28-7-15(23-9-28)12-3-4-12/h5-12H,3-4H2,1-2H3,(H,25,30). The second-order valence-corrected chi connectivity index (χ2v) is 8.51. The third-order valence-corrected chi connectivity index (χ3v) is 5.85. The lowest BCUT2D eigenvalue weighted by atomic mass is 10.3. The van der Waals surface area contributed by atoms with Gasteiger partial charge in [0.25, 0.3) is 5.91 Å². The Bertz CT molecular complexity index is 1260. The topological polar surface area (TPSA) is 103 Å². The van der Waals surface area contributed by atoms with E-state index < -0.39 is 11.7 Å². The maximum absolute atomic E-state index is 14.4. The lowest BCUT2D eigenvalue weighted by molar-refractivity contribution is 0.102. The van der Waals surface area contributed by atoms with Gasteiger partial charge < -0.3 is 14.5 Å². The first-order valence-electron chi connectivity index (χ1n) is 9.86. The molecule has 5 rings (SSSR count). The molecule has 0 aromatic carbocycles. The molecule has 31 heavy (non-hydrogen) atoms. The van der Waals surface area contributed by atoms with Gasteiger partial charge in [-0.2, -0.15) is 0 Å². The number of thiazole rings is 1. The third kappa shape index (κ3) is 3.83. The zero-order valence-electron chi connectivity index (χ0n) is 16.9. The molecule has 4 heterocycles. The first-order chi connectivity index (χ1) is 15.0. The third-order valence-electron chi connectivity index (χ3n) is 5.01. The monoisotopic (exact) mass is 438 g/mol. The Labute approximate surface area is 181 Å². The Kier molecular flexibility index (Phi) is 4.81. The Morgan fingerprint density at radius 2 is 2.13 bits per heavy atom. The van der Waals surface area contributed by atoms with Gasteiger partial charge in [-0.25, -0.2) is 19.3 Å². The summed E-state index contributed by atoms with van der Waals surface area (Å²) in [7, 11) is 0. The Hall–Kier alpha value is -3.47. The summed E-state index contributed by atoms with van der Waals surface area (Å²) >= 11 is 1.35. The minimum Gasteiger partial charge on any atom is -0.309 e. The first kappa shape index (κ1) is 19.5. The van der Waals surface area contributed by atoms with Gasteiger partial charge in [-0.3, -0.25) is 4.79 Å². The van der Waals surface area contributed by atoms with Crippen molar-refractivity contribution in [2.45, 2.75) is 38.6 Å². The molecule has 0 saturated heterocycles. The van der Waals surface area contributed by atoms with Gasteiger partial charge in [0.2, 0.25) is 0 Å². The number of anilines is 1. The molecule has 1 aliphatic carbocycles. The predicted molar refractivity (Wildman–Crippen MR) is 113 cm³/mol. The van der Waals surface area contributed by atoms with Crippen molar-refractivity contribution in [2.75, 3.05) is 5.32 Å². The molecule has 1 aliphatic rings. The highest BCUT2D eigenvalue weighted by atomic mass is 32.1. The summed E-state index contributed by atoms with van der Waals surface area (Å²) in [6.45, 7) is 4.05. The van der Waals surface area contributed by atoms with E-state index in [1.54, 1.807) is 28.8 Å². The zero-order valence-corrected chi connectivity index (χ0v) is 17.7. The van der Waals surface area contributed by atoms with Crippen LogP contribution in [-0.4, -0.2) is 40.2 Å². The van der Waals surface area contributed by atoms with Crippen molar-refractivity contribution in [3.63, 3.8) is 0 Å².